The van der Waals surface area contributed by atoms with Crippen molar-refractivity contribution in [1.29, 1.82) is 0 Å². The average Bonchev–Trinajstić information content (AvgIpc) is 3.51. The molecule has 9 nitrogen and oxygen atoms in total. The van der Waals surface area contributed by atoms with Crippen LogP contribution < -0.4 is 10.1 Å². The van der Waals surface area contributed by atoms with Crippen molar-refractivity contribution in [3.8, 4) is 17.3 Å². The van der Waals surface area contributed by atoms with Gasteiger partial charge < -0.3 is 29.2 Å². The van der Waals surface area contributed by atoms with Crippen LogP contribution in [0, 0.1) is 0 Å². The molecule has 0 spiro atoms. The normalized spacial score (nSPS) is 16.5. The third kappa shape index (κ3) is 4.70. The molecule has 4 heterocycles. The molecule has 4 aromatic rings. The minimum atomic E-state index is -4.42. The highest BCUT2D eigenvalue weighted by Crippen LogP contribution is 2.37. The van der Waals surface area contributed by atoms with E-state index < -0.39 is 18.8 Å². The van der Waals surface area contributed by atoms with Crippen LogP contribution in [0.4, 0.5) is 18.0 Å². The molecule has 2 N–H and O–H groups in total. The van der Waals surface area contributed by atoms with Crippen LogP contribution >= 0.6 is 11.3 Å². The lowest BCUT2D eigenvalue weighted by Crippen LogP contribution is -2.49. The van der Waals surface area contributed by atoms with Crippen LogP contribution in [0.1, 0.15) is 23.2 Å². The van der Waals surface area contributed by atoms with E-state index in [2.05, 4.69) is 10.3 Å². The van der Waals surface area contributed by atoms with E-state index in [0.717, 1.165) is 0 Å². The van der Waals surface area contributed by atoms with Crippen LogP contribution in [0.15, 0.2) is 29.6 Å². The molecule has 13 heteroatoms. The molecule has 1 atom stereocenters. The number of halogens is 3. The number of piperidine rings is 1. The van der Waals surface area contributed by atoms with Crippen molar-refractivity contribution in [2.75, 3.05) is 20.2 Å². The highest BCUT2D eigenvalue weighted by Gasteiger charge is 2.32. The summed E-state index contributed by atoms with van der Waals surface area (Å²) >= 11 is 1.23. The summed E-state index contributed by atoms with van der Waals surface area (Å²) in [7, 11) is 3.15. The Morgan fingerprint density at radius 2 is 2.08 bits per heavy atom. The van der Waals surface area contributed by atoms with Crippen molar-refractivity contribution in [3.05, 3.63) is 35.2 Å². The van der Waals surface area contributed by atoms with Gasteiger partial charge in [0.15, 0.2) is 5.82 Å². The van der Waals surface area contributed by atoms with Gasteiger partial charge in [-0.1, -0.05) is 0 Å². The second-order valence-electron chi connectivity index (χ2n) is 8.99. The van der Waals surface area contributed by atoms with Crippen molar-refractivity contribution in [1.82, 2.24) is 24.3 Å². The molecule has 1 aliphatic rings. The maximum atomic E-state index is 13.4. The molecule has 196 valence electrons. The number of amides is 2. The molecule has 37 heavy (non-hydrogen) atoms. The molecule has 2 amide bonds. The Kier molecular flexibility index (Phi) is 6.26. The number of fused-ring (bicyclic) bond motifs is 2. The van der Waals surface area contributed by atoms with Crippen molar-refractivity contribution in [3.63, 3.8) is 0 Å². The van der Waals surface area contributed by atoms with E-state index in [4.69, 9.17) is 9.84 Å². The summed E-state index contributed by atoms with van der Waals surface area (Å²) in [5.41, 5.74) is 1.56. The van der Waals surface area contributed by atoms with Gasteiger partial charge in [0.1, 0.15) is 22.6 Å². The predicted molar refractivity (Wildman–Crippen MR) is 132 cm³/mol. The molecular weight excluding hydrogens is 511 g/mol. The Morgan fingerprint density at radius 3 is 2.78 bits per heavy atom. The molecular formula is C24H24F3N5O4S. The Balaban J connectivity index is 1.56. The number of hydrogen-bond donors (Lipinski definition) is 2. The molecule has 1 aromatic carbocycles. The number of ether oxygens (including phenoxy) is 1. The zero-order valence-electron chi connectivity index (χ0n) is 20.0. The molecule has 0 unspecified atom stereocenters. The number of imidazole rings is 1. The van der Waals surface area contributed by atoms with Gasteiger partial charge >= 0.3 is 12.3 Å². The van der Waals surface area contributed by atoms with Gasteiger partial charge in [0.2, 0.25) is 0 Å². The van der Waals surface area contributed by atoms with Gasteiger partial charge in [-0.25, -0.2) is 9.78 Å². The number of thiophene rings is 1. The van der Waals surface area contributed by atoms with Gasteiger partial charge in [0, 0.05) is 37.1 Å². The zero-order chi connectivity index (χ0) is 26.5. The lowest BCUT2D eigenvalue weighted by molar-refractivity contribution is -0.139. The monoisotopic (exact) mass is 535 g/mol. The van der Waals surface area contributed by atoms with E-state index in [1.807, 2.05) is 0 Å². The molecule has 1 aliphatic heterocycles. The maximum Gasteiger partial charge on any atom is 0.406 e. The van der Waals surface area contributed by atoms with E-state index in [1.165, 1.54) is 23.0 Å². The number of likely N-dealkylation sites (tertiary alicyclic amines) is 1. The maximum absolute atomic E-state index is 13.4. The Hall–Kier alpha value is -3.74. The first kappa shape index (κ1) is 24.9. The summed E-state index contributed by atoms with van der Waals surface area (Å²) < 4.78 is 48.8. The second-order valence-corrected chi connectivity index (χ2v) is 9.89. The fourth-order valence-corrected chi connectivity index (χ4v) is 5.85. The van der Waals surface area contributed by atoms with E-state index >= 15 is 0 Å². The van der Waals surface area contributed by atoms with E-state index in [0.29, 0.717) is 63.5 Å². The summed E-state index contributed by atoms with van der Waals surface area (Å²) in [5, 5.41) is 13.9. The summed E-state index contributed by atoms with van der Waals surface area (Å²) in [6, 6.07) is 6.26. The number of methoxy groups -OCH3 is 1. The van der Waals surface area contributed by atoms with Crippen molar-refractivity contribution in [2.45, 2.75) is 31.6 Å². The SMILES string of the molecule is COc1cc(C(=O)N2CCC[C@@H](NC(=O)O)C2)cc2nc(-c3cc4ccsc4n3CC(F)(F)F)n(C)c12. The summed E-state index contributed by atoms with van der Waals surface area (Å²) in [6.45, 7) is -0.441. The number of alkyl halides is 3. The highest BCUT2D eigenvalue weighted by molar-refractivity contribution is 7.16. The van der Waals surface area contributed by atoms with Crippen LogP contribution in [0.3, 0.4) is 0 Å². The minimum Gasteiger partial charge on any atom is -0.494 e. The Labute approximate surface area is 213 Å². The van der Waals surface area contributed by atoms with Gasteiger partial charge in [-0.05, 0) is 42.5 Å². The van der Waals surface area contributed by atoms with Gasteiger partial charge in [0.05, 0.1) is 18.3 Å². The number of carbonyl (C=O) groups is 2. The summed E-state index contributed by atoms with van der Waals surface area (Å²) in [5.74, 6) is 0.370. The van der Waals surface area contributed by atoms with Gasteiger partial charge in [-0.3, -0.25) is 4.79 Å². The molecule has 1 saturated heterocycles. The van der Waals surface area contributed by atoms with Crippen molar-refractivity contribution < 1.29 is 32.6 Å². The summed E-state index contributed by atoms with van der Waals surface area (Å²) in [4.78, 5) is 31.1. The van der Waals surface area contributed by atoms with Gasteiger partial charge in [-0.15, -0.1) is 11.3 Å². The largest absolute Gasteiger partial charge is 0.494 e. The quantitative estimate of drug-likeness (QED) is 0.386. The number of benzene rings is 1. The first-order chi connectivity index (χ1) is 17.6. The molecule has 3 aromatic heterocycles. The van der Waals surface area contributed by atoms with Crippen LogP contribution in [0.5, 0.6) is 5.75 Å². The third-order valence-corrected chi connectivity index (χ3v) is 7.46. The van der Waals surface area contributed by atoms with Crippen molar-refractivity contribution in [2.24, 2.45) is 7.05 Å². The fraction of sp³-hybridized carbons (Fsp3) is 0.375. The number of nitrogens with zero attached hydrogens (tertiary/aromatic N) is 4. The van der Waals surface area contributed by atoms with E-state index in [-0.39, 0.29) is 18.5 Å². The lowest BCUT2D eigenvalue weighted by atomic mass is 10.0. The minimum absolute atomic E-state index is 0.237. The van der Waals surface area contributed by atoms with Gasteiger partial charge in [-0.2, -0.15) is 13.2 Å². The van der Waals surface area contributed by atoms with Crippen molar-refractivity contribution >= 4 is 44.6 Å². The number of carboxylic acid groups (broad SMARTS) is 1. The Bertz CT molecular complexity index is 1510. The summed E-state index contributed by atoms with van der Waals surface area (Å²) in [6.07, 6.45) is -4.28. The lowest BCUT2D eigenvalue weighted by Gasteiger charge is -2.32. The molecule has 0 radical (unpaired) electrons. The second kappa shape index (κ2) is 9.29. The molecule has 1 fully saturated rings. The van der Waals surface area contributed by atoms with Crippen LogP contribution in [-0.4, -0.2) is 68.5 Å². The average molecular weight is 536 g/mol. The molecule has 0 bridgehead atoms. The van der Waals surface area contributed by atoms with E-state index in [9.17, 15) is 22.8 Å². The smallest absolute Gasteiger partial charge is 0.406 e. The first-order valence-corrected chi connectivity index (χ1v) is 12.4. The third-order valence-electron chi connectivity index (χ3n) is 6.51. The number of carbonyl (C=O) groups excluding carboxylic acids is 1. The fourth-order valence-electron chi connectivity index (χ4n) is 4.95. The molecule has 5 rings (SSSR count). The number of aromatic nitrogens is 3. The van der Waals surface area contributed by atoms with E-state index in [1.54, 1.807) is 46.2 Å². The van der Waals surface area contributed by atoms with Crippen LogP contribution in [0.2, 0.25) is 0 Å². The van der Waals surface area contributed by atoms with Crippen LogP contribution in [0.25, 0.3) is 32.8 Å². The predicted octanol–water partition coefficient (Wildman–Crippen LogP) is 4.70. The highest BCUT2D eigenvalue weighted by atomic mass is 32.1. The topological polar surface area (TPSA) is 102 Å². The standard InChI is InChI=1S/C24H24F3N5O4S/c1-30-19-16(29-20(30)17-9-13-5-7-37-22(13)32(17)12-24(25,26)27)8-14(10-18(19)36-2)21(33)31-6-3-4-15(11-31)28-23(34)35/h5,7-10,15,28H,3-4,6,11-12H2,1-2H3,(H,34,35)/t15-/m1/s1. The first-order valence-electron chi connectivity index (χ1n) is 11.5. The molecule has 0 saturated carbocycles. The van der Waals surface area contributed by atoms with Crippen LogP contribution in [-0.2, 0) is 13.6 Å². The number of aryl methyl sites for hydroxylation is 1. The number of rotatable bonds is 5. The van der Waals surface area contributed by atoms with Gasteiger partial charge in [0.25, 0.3) is 5.91 Å². The number of nitrogens with one attached hydrogen (secondary N) is 1. The number of hydrogen-bond acceptors (Lipinski definition) is 5. The molecule has 0 aliphatic carbocycles. The Morgan fingerprint density at radius 1 is 1.30 bits per heavy atom. The zero-order valence-corrected chi connectivity index (χ0v) is 20.8.